The molecular formula is C8H7N3O4S. The maximum absolute atomic E-state index is 11.1. The lowest BCUT2D eigenvalue weighted by molar-refractivity contribution is -0.385. The summed E-state index contributed by atoms with van der Waals surface area (Å²) in [6, 6.07) is 3.55. The zero-order valence-corrected chi connectivity index (χ0v) is 8.98. The molecule has 0 saturated heterocycles. The molecule has 7 nitrogen and oxygen atoms in total. The summed E-state index contributed by atoms with van der Waals surface area (Å²) in [5, 5.41) is 24.1. The molecule has 16 heavy (non-hydrogen) atoms. The third-order valence-electron chi connectivity index (χ3n) is 1.92. The molecule has 0 aliphatic heterocycles. The molecule has 0 bridgehead atoms. The van der Waals surface area contributed by atoms with Crippen LogP contribution in [0.3, 0.4) is 0 Å². The van der Waals surface area contributed by atoms with Gasteiger partial charge in [-0.1, -0.05) is 0 Å². The second-order valence-corrected chi connectivity index (χ2v) is 4.58. The van der Waals surface area contributed by atoms with Gasteiger partial charge in [0.1, 0.15) is 11.0 Å². The molecule has 0 fully saturated rings. The van der Waals surface area contributed by atoms with E-state index < -0.39 is 19.8 Å². The number of hydrogen-bond donors (Lipinski definition) is 1. The number of benzene rings is 1. The molecular weight excluding hydrogens is 234 g/mol. The topological polar surface area (TPSA) is 127 Å². The Morgan fingerprint density at radius 1 is 1.50 bits per heavy atom. The summed E-state index contributed by atoms with van der Waals surface area (Å²) in [7, 11) is -4.15. The van der Waals surface area contributed by atoms with Gasteiger partial charge in [-0.2, -0.15) is 5.26 Å². The third-order valence-corrected chi connectivity index (χ3v) is 2.87. The second-order valence-electron chi connectivity index (χ2n) is 3.05. The summed E-state index contributed by atoms with van der Waals surface area (Å²) < 4.78 is 22.2. The Bertz CT molecular complexity index is 600. The van der Waals surface area contributed by atoms with E-state index in [0.717, 1.165) is 12.1 Å². The van der Waals surface area contributed by atoms with E-state index in [0.29, 0.717) is 0 Å². The Labute approximate surface area is 91.3 Å². The molecule has 1 aromatic rings. The number of nitriles is 1. The summed E-state index contributed by atoms with van der Waals surface area (Å²) in [5.74, 6) is 0. The summed E-state index contributed by atoms with van der Waals surface area (Å²) in [6.45, 7) is 1.41. The van der Waals surface area contributed by atoms with Crippen molar-refractivity contribution in [2.75, 3.05) is 0 Å². The average molecular weight is 241 g/mol. The van der Waals surface area contributed by atoms with Crippen molar-refractivity contribution in [1.82, 2.24) is 0 Å². The predicted octanol–water partition coefficient (Wildman–Crippen LogP) is 0.422. The number of hydrogen-bond acceptors (Lipinski definition) is 5. The van der Waals surface area contributed by atoms with E-state index in [4.69, 9.17) is 10.4 Å². The van der Waals surface area contributed by atoms with Crippen molar-refractivity contribution >= 4 is 15.7 Å². The minimum absolute atomic E-state index is 0.203. The molecule has 0 amide bonds. The Kier molecular flexibility index (Phi) is 2.93. The molecule has 1 aromatic carbocycles. The van der Waals surface area contributed by atoms with Gasteiger partial charge in [-0.15, -0.1) is 0 Å². The first-order chi connectivity index (χ1) is 7.27. The first-order valence-corrected chi connectivity index (χ1v) is 5.54. The van der Waals surface area contributed by atoms with Gasteiger partial charge in [0.05, 0.1) is 10.5 Å². The van der Waals surface area contributed by atoms with Crippen LogP contribution in [0.4, 0.5) is 5.69 Å². The average Bonchev–Trinajstić information content (AvgIpc) is 2.14. The minimum Gasteiger partial charge on any atom is -0.258 e. The molecule has 2 N–H and O–H groups in total. The van der Waals surface area contributed by atoms with Gasteiger partial charge >= 0.3 is 0 Å². The fourth-order valence-electron chi connectivity index (χ4n) is 1.20. The van der Waals surface area contributed by atoms with Gasteiger partial charge in [0, 0.05) is 11.6 Å². The lowest BCUT2D eigenvalue weighted by Gasteiger charge is -2.03. The smallest absolute Gasteiger partial charge is 0.258 e. The molecule has 0 saturated carbocycles. The van der Waals surface area contributed by atoms with Gasteiger partial charge in [-0.3, -0.25) is 10.1 Å². The molecule has 84 valence electrons. The van der Waals surface area contributed by atoms with Crippen LogP contribution in [0, 0.1) is 28.4 Å². The largest absolute Gasteiger partial charge is 0.273 e. The Morgan fingerprint density at radius 2 is 2.06 bits per heavy atom. The Hall–Kier alpha value is -1.98. The number of rotatable bonds is 2. The maximum atomic E-state index is 11.1. The monoisotopic (exact) mass is 241 g/mol. The molecule has 0 heterocycles. The SMILES string of the molecule is Cc1cc(C#N)c(S(N)(=O)=O)cc1[N+](=O)[O-]. The van der Waals surface area contributed by atoms with E-state index in [1.54, 1.807) is 6.07 Å². The van der Waals surface area contributed by atoms with Crippen molar-refractivity contribution < 1.29 is 13.3 Å². The van der Waals surface area contributed by atoms with Crippen LogP contribution in [0.5, 0.6) is 0 Å². The van der Waals surface area contributed by atoms with Crippen LogP contribution >= 0.6 is 0 Å². The molecule has 0 spiro atoms. The number of nitro benzene ring substituents is 1. The number of nitro groups is 1. The summed E-state index contributed by atoms with van der Waals surface area (Å²) in [5.41, 5.74) is -0.387. The predicted molar refractivity (Wildman–Crippen MR) is 53.9 cm³/mol. The van der Waals surface area contributed by atoms with Crippen LogP contribution < -0.4 is 5.14 Å². The van der Waals surface area contributed by atoms with Crippen molar-refractivity contribution in [3.8, 4) is 6.07 Å². The van der Waals surface area contributed by atoms with E-state index in [9.17, 15) is 18.5 Å². The van der Waals surface area contributed by atoms with Crippen molar-refractivity contribution in [1.29, 1.82) is 5.26 Å². The van der Waals surface area contributed by atoms with Crippen LogP contribution in [0.2, 0.25) is 0 Å². The van der Waals surface area contributed by atoms with E-state index in [2.05, 4.69) is 0 Å². The molecule has 0 atom stereocenters. The molecule has 8 heteroatoms. The van der Waals surface area contributed by atoms with Gasteiger partial charge in [0.2, 0.25) is 10.0 Å². The zero-order valence-electron chi connectivity index (χ0n) is 8.17. The van der Waals surface area contributed by atoms with Crippen LogP contribution in [-0.2, 0) is 10.0 Å². The highest BCUT2D eigenvalue weighted by Gasteiger charge is 2.21. The van der Waals surface area contributed by atoms with Gasteiger partial charge in [0.15, 0.2) is 0 Å². The van der Waals surface area contributed by atoms with Gasteiger partial charge < -0.3 is 0 Å². The molecule has 0 aromatic heterocycles. The lowest BCUT2D eigenvalue weighted by atomic mass is 10.1. The number of primary sulfonamides is 1. The van der Waals surface area contributed by atoms with Crippen LogP contribution in [-0.4, -0.2) is 13.3 Å². The van der Waals surface area contributed by atoms with Crippen LogP contribution in [0.15, 0.2) is 17.0 Å². The van der Waals surface area contributed by atoms with Crippen LogP contribution in [0.1, 0.15) is 11.1 Å². The zero-order chi connectivity index (χ0) is 12.5. The van der Waals surface area contributed by atoms with Crippen molar-refractivity contribution in [3.05, 3.63) is 33.4 Å². The first-order valence-electron chi connectivity index (χ1n) is 3.99. The van der Waals surface area contributed by atoms with E-state index >= 15 is 0 Å². The van der Waals surface area contributed by atoms with E-state index in [1.807, 2.05) is 0 Å². The number of nitrogens with zero attached hydrogens (tertiary/aromatic N) is 2. The first kappa shape index (κ1) is 12.1. The summed E-state index contributed by atoms with van der Waals surface area (Å²) in [6.07, 6.45) is 0. The fourth-order valence-corrected chi connectivity index (χ4v) is 1.88. The van der Waals surface area contributed by atoms with E-state index in [-0.39, 0.29) is 16.8 Å². The third kappa shape index (κ3) is 2.16. The van der Waals surface area contributed by atoms with Crippen molar-refractivity contribution in [2.24, 2.45) is 5.14 Å². The fraction of sp³-hybridized carbons (Fsp3) is 0.125. The van der Waals surface area contributed by atoms with E-state index in [1.165, 1.54) is 6.92 Å². The number of aryl methyl sites for hydroxylation is 1. The van der Waals surface area contributed by atoms with Gasteiger partial charge in [-0.25, -0.2) is 13.6 Å². The van der Waals surface area contributed by atoms with Gasteiger partial charge in [0.25, 0.3) is 5.69 Å². The van der Waals surface area contributed by atoms with Crippen molar-refractivity contribution in [2.45, 2.75) is 11.8 Å². The highest BCUT2D eigenvalue weighted by Crippen LogP contribution is 2.24. The Balaban J connectivity index is 3.68. The lowest BCUT2D eigenvalue weighted by Crippen LogP contribution is -2.14. The molecule has 0 unspecified atom stereocenters. The minimum atomic E-state index is -4.15. The highest BCUT2D eigenvalue weighted by atomic mass is 32.2. The highest BCUT2D eigenvalue weighted by molar-refractivity contribution is 7.89. The molecule has 0 aliphatic carbocycles. The number of sulfonamides is 1. The van der Waals surface area contributed by atoms with Crippen molar-refractivity contribution in [3.63, 3.8) is 0 Å². The van der Waals surface area contributed by atoms with Gasteiger partial charge in [-0.05, 0) is 13.0 Å². The molecule has 1 rings (SSSR count). The van der Waals surface area contributed by atoms with Crippen LogP contribution in [0.25, 0.3) is 0 Å². The summed E-state index contributed by atoms with van der Waals surface area (Å²) >= 11 is 0. The maximum Gasteiger partial charge on any atom is 0.273 e. The second kappa shape index (κ2) is 3.88. The molecule has 0 aliphatic rings. The standard InChI is InChI=1S/C8H7N3O4S/c1-5-2-6(4-9)8(16(10,14)15)3-7(5)11(12)13/h2-3H,1H3,(H2,10,14,15). The Morgan fingerprint density at radius 3 is 2.44 bits per heavy atom. The quantitative estimate of drug-likeness (QED) is 0.592. The normalized spacial score (nSPS) is 10.8. The molecule has 0 radical (unpaired) electrons. The summed E-state index contributed by atoms with van der Waals surface area (Å²) in [4.78, 5) is 9.32. The number of nitrogens with two attached hydrogens (primary N) is 1.